The number of rotatable bonds is 11. The first-order valence-electron chi connectivity index (χ1n) is 6.76. The molecule has 0 radical (unpaired) electrons. The van der Waals surface area contributed by atoms with Crippen LogP contribution in [0.5, 0.6) is 0 Å². The second-order valence-corrected chi connectivity index (χ2v) is 4.77. The first-order valence-corrected chi connectivity index (χ1v) is 7.17. The molecule has 114 valence electrons. The predicted molar refractivity (Wildman–Crippen MR) is 81.3 cm³/mol. The molecule has 0 spiro atoms. The number of nitrogens with one attached hydrogen (secondary N) is 1. The molecule has 0 saturated carbocycles. The van der Waals surface area contributed by atoms with Gasteiger partial charge in [0.25, 0.3) is 0 Å². The smallest absolute Gasteiger partial charge is 0.303 e. The first kappa shape index (κ1) is 18.5. The van der Waals surface area contributed by atoms with Crippen LogP contribution >= 0.6 is 12.2 Å². The van der Waals surface area contributed by atoms with Crippen molar-refractivity contribution in [3.8, 4) is 0 Å². The van der Waals surface area contributed by atoms with Crippen molar-refractivity contribution >= 4 is 35.5 Å². The van der Waals surface area contributed by atoms with E-state index in [1.54, 1.807) is 6.21 Å². The predicted octanol–water partition coefficient (Wildman–Crippen LogP) is 2.22. The van der Waals surface area contributed by atoms with Crippen molar-refractivity contribution in [1.82, 2.24) is 5.32 Å². The maximum absolute atomic E-state index is 10.3. The van der Waals surface area contributed by atoms with Gasteiger partial charge in [0.15, 0.2) is 5.11 Å². The van der Waals surface area contributed by atoms with Gasteiger partial charge < -0.3 is 15.5 Å². The second kappa shape index (κ2) is 12.5. The number of carbonyl (C=O) groups is 2. The summed E-state index contributed by atoms with van der Waals surface area (Å²) in [5.74, 6) is -1.54. The molecule has 0 aromatic carbocycles. The average molecular weight is 302 g/mol. The van der Waals surface area contributed by atoms with E-state index >= 15 is 0 Å². The highest BCUT2D eigenvalue weighted by atomic mass is 32.1. The minimum atomic E-state index is -0.776. The zero-order valence-corrected chi connectivity index (χ0v) is 12.3. The summed E-state index contributed by atoms with van der Waals surface area (Å²) in [6.45, 7) is 0.689. The highest BCUT2D eigenvalue weighted by Crippen LogP contribution is 1.99. The van der Waals surface area contributed by atoms with Crippen LogP contribution in [0.25, 0.3) is 0 Å². The van der Waals surface area contributed by atoms with E-state index in [1.165, 1.54) is 0 Å². The molecule has 0 aromatic rings. The Morgan fingerprint density at radius 3 is 2.20 bits per heavy atom. The van der Waals surface area contributed by atoms with Gasteiger partial charge in [0.2, 0.25) is 0 Å². The fraction of sp³-hybridized carbons (Fsp3) is 0.692. The van der Waals surface area contributed by atoms with Crippen molar-refractivity contribution in [3.05, 3.63) is 0 Å². The summed E-state index contributed by atoms with van der Waals surface area (Å²) in [4.78, 5) is 24.6. The minimum Gasteiger partial charge on any atom is -0.481 e. The first-order chi connectivity index (χ1) is 9.52. The summed E-state index contributed by atoms with van der Waals surface area (Å²) in [6, 6.07) is 0. The Morgan fingerprint density at radius 2 is 1.60 bits per heavy atom. The number of carboxylic acid groups (broad SMARTS) is 2. The van der Waals surface area contributed by atoms with Crippen LogP contribution in [0.3, 0.4) is 0 Å². The largest absolute Gasteiger partial charge is 0.481 e. The van der Waals surface area contributed by atoms with E-state index in [9.17, 15) is 9.59 Å². The molecule has 7 heteroatoms. The van der Waals surface area contributed by atoms with Gasteiger partial charge in [-0.15, -0.1) is 0 Å². The number of unbranched alkanes of at least 4 members (excludes halogenated alkanes) is 4. The molecule has 0 unspecified atom stereocenters. The maximum atomic E-state index is 10.3. The highest BCUT2D eigenvalue weighted by Gasteiger charge is 1.97. The lowest BCUT2D eigenvalue weighted by Crippen LogP contribution is -2.20. The summed E-state index contributed by atoms with van der Waals surface area (Å²) in [6.07, 6.45) is 6.62. The molecule has 20 heavy (non-hydrogen) atoms. The van der Waals surface area contributed by atoms with E-state index in [0.717, 1.165) is 19.3 Å². The summed E-state index contributed by atoms with van der Waals surface area (Å²) in [7, 11) is 0. The summed E-state index contributed by atoms with van der Waals surface area (Å²) in [5.41, 5.74) is 0. The van der Waals surface area contributed by atoms with Gasteiger partial charge in [0.05, 0.1) is 0 Å². The van der Waals surface area contributed by atoms with Crippen LogP contribution in [0.4, 0.5) is 0 Å². The second-order valence-electron chi connectivity index (χ2n) is 4.39. The number of thiocarbonyl (C=S) groups is 1. The highest BCUT2D eigenvalue weighted by molar-refractivity contribution is 7.80. The third-order valence-corrected chi connectivity index (χ3v) is 2.78. The molecular formula is C13H22N2O4S. The SMILES string of the molecule is O=C(O)CCCC/C=N/C(=S)NCCCCCC(=O)O. The van der Waals surface area contributed by atoms with E-state index in [2.05, 4.69) is 10.3 Å². The molecule has 0 aromatic heterocycles. The molecule has 6 nitrogen and oxygen atoms in total. The molecule has 0 aliphatic rings. The molecule has 0 saturated heterocycles. The molecule has 3 N–H and O–H groups in total. The Bertz CT molecular complexity index is 345. The lowest BCUT2D eigenvalue weighted by Gasteiger charge is -2.03. The fourth-order valence-electron chi connectivity index (χ4n) is 1.48. The van der Waals surface area contributed by atoms with Gasteiger partial charge in [-0.25, -0.2) is 4.99 Å². The van der Waals surface area contributed by atoms with Crippen LogP contribution in [-0.2, 0) is 9.59 Å². The third-order valence-electron chi connectivity index (χ3n) is 2.53. The molecule has 0 aliphatic heterocycles. The minimum absolute atomic E-state index is 0.187. The molecule has 0 amide bonds. The number of aliphatic carboxylic acids is 2. The van der Waals surface area contributed by atoms with Crippen LogP contribution in [-0.4, -0.2) is 40.0 Å². The Morgan fingerprint density at radius 1 is 1.00 bits per heavy atom. The lowest BCUT2D eigenvalue weighted by atomic mass is 10.2. The van der Waals surface area contributed by atoms with Crippen molar-refractivity contribution < 1.29 is 19.8 Å². The van der Waals surface area contributed by atoms with Crippen molar-refractivity contribution in [2.75, 3.05) is 6.54 Å². The fourth-order valence-corrected chi connectivity index (χ4v) is 1.65. The number of aliphatic imine (C=N–C) groups is 1. The lowest BCUT2D eigenvalue weighted by molar-refractivity contribution is -0.138. The summed E-state index contributed by atoms with van der Waals surface area (Å²) in [5, 5.41) is 20.3. The summed E-state index contributed by atoms with van der Waals surface area (Å²) >= 11 is 5.00. The van der Waals surface area contributed by atoms with Crippen LogP contribution in [0.1, 0.15) is 51.4 Å². The zero-order chi connectivity index (χ0) is 15.2. The average Bonchev–Trinajstić information content (AvgIpc) is 2.37. The van der Waals surface area contributed by atoms with E-state index in [1.807, 2.05) is 0 Å². The molecule has 0 fully saturated rings. The van der Waals surface area contributed by atoms with Crippen LogP contribution in [0.2, 0.25) is 0 Å². The molecular weight excluding hydrogens is 280 g/mol. The Balaban J connectivity index is 3.39. The molecule has 0 bridgehead atoms. The Labute approximate surface area is 124 Å². The number of hydrogen-bond acceptors (Lipinski definition) is 3. The molecule has 0 aliphatic carbocycles. The van der Waals surface area contributed by atoms with Gasteiger partial charge in [-0.2, -0.15) is 0 Å². The summed E-state index contributed by atoms with van der Waals surface area (Å²) < 4.78 is 0. The van der Waals surface area contributed by atoms with E-state index in [-0.39, 0.29) is 12.8 Å². The number of carboxylic acids is 2. The van der Waals surface area contributed by atoms with Gasteiger partial charge in [-0.3, -0.25) is 9.59 Å². The van der Waals surface area contributed by atoms with E-state index in [4.69, 9.17) is 22.4 Å². The van der Waals surface area contributed by atoms with Gasteiger partial charge >= 0.3 is 11.9 Å². The van der Waals surface area contributed by atoms with Gasteiger partial charge in [-0.1, -0.05) is 6.42 Å². The van der Waals surface area contributed by atoms with Crippen LogP contribution < -0.4 is 5.32 Å². The van der Waals surface area contributed by atoms with Crippen molar-refractivity contribution in [1.29, 1.82) is 0 Å². The van der Waals surface area contributed by atoms with Crippen LogP contribution in [0, 0.1) is 0 Å². The topological polar surface area (TPSA) is 99.0 Å². The van der Waals surface area contributed by atoms with E-state index in [0.29, 0.717) is 30.9 Å². The van der Waals surface area contributed by atoms with Crippen molar-refractivity contribution in [2.24, 2.45) is 4.99 Å². The van der Waals surface area contributed by atoms with Gasteiger partial charge in [0, 0.05) is 25.6 Å². The number of nitrogens with zero attached hydrogens (tertiary/aromatic N) is 1. The van der Waals surface area contributed by atoms with Crippen molar-refractivity contribution in [3.63, 3.8) is 0 Å². The normalized spacial score (nSPS) is 10.6. The molecule has 0 atom stereocenters. The van der Waals surface area contributed by atoms with Crippen molar-refractivity contribution in [2.45, 2.75) is 51.4 Å². The standard InChI is InChI=1S/C13H22N2O4S/c16-11(17)7-3-1-5-9-14-13(20)15-10-6-2-4-8-12(18)19/h9H,1-8,10H2,(H,15,20)(H,16,17)(H,18,19)/b14-9+. The Kier molecular flexibility index (Phi) is 11.6. The van der Waals surface area contributed by atoms with E-state index < -0.39 is 11.9 Å². The number of hydrogen-bond donors (Lipinski definition) is 3. The Hall–Kier alpha value is -1.50. The van der Waals surface area contributed by atoms with Crippen LogP contribution in [0.15, 0.2) is 4.99 Å². The van der Waals surface area contributed by atoms with Gasteiger partial charge in [-0.05, 0) is 44.3 Å². The van der Waals surface area contributed by atoms with Gasteiger partial charge in [0.1, 0.15) is 0 Å². The molecule has 0 rings (SSSR count). The maximum Gasteiger partial charge on any atom is 0.303 e. The monoisotopic (exact) mass is 302 g/mol. The third kappa shape index (κ3) is 14.6. The quantitative estimate of drug-likeness (QED) is 0.307. The molecule has 0 heterocycles. The zero-order valence-electron chi connectivity index (χ0n) is 11.5.